The monoisotopic (exact) mass is 235 g/mol. The molecule has 0 fully saturated rings. The van der Waals surface area contributed by atoms with E-state index in [1.54, 1.807) is 13.2 Å². The molecule has 90 valence electrons. The molecule has 1 aromatic carbocycles. The van der Waals surface area contributed by atoms with Crippen LogP contribution in [0.25, 0.3) is 0 Å². The summed E-state index contributed by atoms with van der Waals surface area (Å²) >= 11 is 0. The van der Waals surface area contributed by atoms with Crippen LogP contribution in [0.4, 0.5) is 0 Å². The highest BCUT2D eigenvalue weighted by Crippen LogP contribution is 2.27. The highest BCUT2D eigenvalue weighted by Gasteiger charge is 2.42. The van der Waals surface area contributed by atoms with Gasteiger partial charge in [-0.3, -0.25) is 0 Å². The Labute approximate surface area is 98.6 Å². The van der Waals surface area contributed by atoms with E-state index in [-0.39, 0.29) is 6.42 Å². The lowest BCUT2D eigenvalue weighted by molar-refractivity contribution is -0.160. The number of rotatable bonds is 3. The molecule has 0 radical (unpaired) electrons. The zero-order valence-corrected chi connectivity index (χ0v) is 9.64. The van der Waals surface area contributed by atoms with Crippen LogP contribution in [0.5, 0.6) is 5.75 Å². The van der Waals surface area contributed by atoms with Gasteiger partial charge in [-0.15, -0.1) is 0 Å². The van der Waals surface area contributed by atoms with Crippen LogP contribution >= 0.6 is 0 Å². The molecular weight excluding hydrogens is 222 g/mol. The van der Waals surface area contributed by atoms with Crippen molar-refractivity contribution in [2.45, 2.75) is 18.9 Å². The summed E-state index contributed by atoms with van der Waals surface area (Å²) in [6, 6.07) is 7.29. The smallest absolute Gasteiger partial charge is 0.351 e. The molecule has 5 nitrogen and oxygen atoms in total. The summed E-state index contributed by atoms with van der Waals surface area (Å²) < 4.78 is 5.10. The highest BCUT2D eigenvalue weighted by molar-refractivity contribution is 6.04. The van der Waals surface area contributed by atoms with Gasteiger partial charge in [-0.2, -0.15) is 0 Å². The molecule has 1 aromatic rings. The van der Waals surface area contributed by atoms with Crippen molar-refractivity contribution in [3.63, 3.8) is 0 Å². The number of ether oxygens (including phenoxy) is 1. The van der Waals surface area contributed by atoms with Gasteiger partial charge in [-0.05, 0) is 19.1 Å². The van der Waals surface area contributed by atoms with Gasteiger partial charge in [0.15, 0.2) is 0 Å². The first-order valence-electron chi connectivity index (χ1n) is 5.18. The van der Waals surface area contributed by atoms with Crippen LogP contribution in [0.3, 0.4) is 0 Å². The van der Waals surface area contributed by atoms with Crippen LogP contribution in [0.1, 0.15) is 18.9 Å². The van der Waals surface area contributed by atoms with E-state index in [2.05, 4.69) is 5.16 Å². The van der Waals surface area contributed by atoms with Crippen molar-refractivity contribution in [3.05, 3.63) is 29.8 Å². The fourth-order valence-electron chi connectivity index (χ4n) is 1.61. The van der Waals surface area contributed by atoms with E-state index in [9.17, 15) is 4.79 Å². The number of hydrogen-bond donors (Lipinski definition) is 1. The largest absolute Gasteiger partial charge is 0.497 e. The number of carboxylic acid groups (broad SMARTS) is 1. The van der Waals surface area contributed by atoms with E-state index in [1.807, 2.05) is 18.2 Å². The first-order chi connectivity index (χ1) is 8.05. The molecule has 0 spiro atoms. The minimum absolute atomic E-state index is 0.246. The number of aliphatic carboxylic acids is 1. The molecule has 1 N–H and O–H groups in total. The van der Waals surface area contributed by atoms with Crippen molar-refractivity contribution < 1.29 is 19.5 Å². The zero-order valence-electron chi connectivity index (χ0n) is 9.64. The maximum atomic E-state index is 11.0. The summed E-state index contributed by atoms with van der Waals surface area (Å²) in [4.78, 5) is 16.0. The molecule has 5 heteroatoms. The Morgan fingerprint density at radius 3 is 2.94 bits per heavy atom. The van der Waals surface area contributed by atoms with Crippen molar-refractivity contribution in [3.8, 4) is 5.75 Å². The summed E-state index contributed by atoms with van der Waals surface area (Å²) in [5, 5.41) is 12.9. The maximum absolute atomic E-state index is 11.0. The Bertz CT molecular complexity index is 483. The Hall–Kier alpha value is -2.04. The molecule has 0 aromatic heterocycles. The van der Waals surface area contributed by atoms with E-state index < -0.39 is 11.6 Å². The van der Waals surface area contributed by atoms with E-state index in [4.69, 9.17) is 14.7 Å². The molecule has 2 rings (SSSR count). The fourth-order valence-corrected chi connectivity index (χ4v) is 1.61. The van der Waals surface area contributed by atoms with Crippen LogP contribution in [0, 0.1) is 0 Å². The number of carbonyl (C=O) groups is 1. The van der Waals surface area contributed by atoms with Gasteiger partial charge < -0.3 is 14.7 Å². The van der Waals surface area contributed by atoms with Gasteiger partial charge in [0, 0.05) is 12.0 Å². The number of methoxy groups -OCH3 is 1. The van der Waals surface area contributed by atoms with Gasteiger partial charge in [0.1, 0.15) is 5.75 Å². The Kier molecular flexibility index (Phi) is 2.75. The molecule has 0 bridgehead atoms. The third kappa shape index (κ3) is 2.08. The highest BCUT2D eigenvalue weighted by atomic mass is 16.7. The molecule has 0 aliphatic carbocycles. The Morgan fingerprint density at radius 1 is 1.59 bits per heavy atom. The topological polar surface area (TPSA) is 68.1 Å². The SMILES string of the molecule is COc1cccc(C2=NOC(C)(C(=O)O)C2)c1. The second-order valence-corrected chi connectivity index (χ2v) is 4.07. The molecule has 1 atom stereocenters. The maximum Gasteiger partial charge on any atom is 0.351 e. The lowest BCUT2D eigenvalue weighted by Crippen LogP contribution is -2.35. The Balaban J connectivity index is 2.23. The third-order valence-corrected chi connectivity index (χ3v) is 2.72. The van der Waals surface area contributed by atoms with Crippen molar-refractivity contribution in [1.29, 1.82) is 0 Å². The predicted octanol–water partition coefficient (Wildman–Crippen LogP) is 1.66. The van der Waals surface area contributed by atoms with Crippen LogP contribution in [0.2, 0.25) is 0 Å². The zero-order chi connectivity index (χ0) is 12.5. The summed E-state index contributed by atoms with van der Waals surface area (Å²) in [6.45, 7) is 1.51. The van der Waals surface area contributed by atoms with Gasteiger partial charge in [-0.25, -0.2) is 4.79 Å². The second-order valence-electron chi connectivity index (χ2n) is 4.07. The van der Waals surface area contributed by atoms with Gasteiger partial charge in [0.05, 0.1) is 12.8 Å². The van der Waals surface area contributed by atoms with Gasteiger partial charge in [0.25, 0.3) is 0 Å². The summed E-state index contributed by atoms with van der Waals surface area (Å²) in [7, 11) is 1.58. The van der Waals surface area contributed by atoms with Crippen LogP contribution < -0.4 is 4.74 Å². The number of hydrogen-bond acceptors (Lipinski definition) is 4. The summed E-state index contributed by atoms with van der Waals surface area (Å²) in [5.74, 6) is -0.312. The minimum atomic E-state index is -1.27. The minimum Gasteiger partial charge on any atom is -0.497 e. The number of benzene rings is 1. The van der Waals surface area contributed by atoms with Crippen molar-refractivity contribution >= 4 is 11.7 Å². The molecule has 0 amide bonds. The number of nitrogens with zero attached hydrogens (tertiary/aromatic N) is 1. The molecule has 1 unspecified atom stereocenters. The summed E-state index contributed by atoms with van der Waals surface area (Å²) in [6.07, 6.45) is 0.246. The summed E-state index contributed by atoms with van der Waals surface area (Å²) in [5.41, 5.74) is 0.168. The van der Waals surface area contributed by atoms with Gasteiger partial charge in [0.2, 0.25) is 5.60 Å². The fraction of sp³-hybridized carbons (Fsp3) is 0.333. The molecule has 1 aliphatic heterocycles. The molecule has 17 heavy (non-hydrogen) atoms. The lowest BCUT2D eigenvalue weighted by atomic mass is 9.96. The molecular formula is C12H13NO4. The second kappa shape index (κ2) is 4.08. The number of carboxylic acids is 1. The van der Waals surface area contributed by atoms with Crippen LogP contribution in [0.15, 0.2) is 29.4 Å². The van der Waals surface area contributed by atoms with Crippen molar-refractivity contribution in [2.75, 3.05) is 7.11 Å². The molecule has 0 saturated heterocycles. The van der Waals surface area contributed by atoms with Gasteiger partial charge in [-0.1, -0.05) is 17.3 Å². The molecule has 1 aliphatic rings. The average molecular weight is 235 g/mol. The normalized spacial score (nSPS) is 22.8. The first kappa shape index (κ1) is 11.4. The van der Waals surface area contributed by atoms with Gasteiger partial charge >= 0.3 is 5.97 Å². The quantitative estimate of drug-likeness (QED) is 0.865. The molecule has 1 heterocycles. The standard InChI is InChI=1S/C12H13NO4/c1-12(11(14)15)7-10(13-17-12)8-4-3-5-9(6-8)16-2/h3-6H,7H2,1-2H3,(H,14,15). The molecule has 0 saturated carbocycles. The van der Waals surface area contributed by atoms with Crippen molar-refractivity contribution in [1.82, 2.24) is 0 Å². The van der Waals surface area contributed by atoms with Crippen LogP contribution in [-0.4, -0.2) is 29.5 Å². The van der Waals surface area contributed by atoms with E-state index in [0.29, 0.717) is 11.5 Å². The Morgan fingerprint density at radius 2 is 2.35 bits per heavy atom. The average Bonchev–Trinajstić information content (AvgIpc) is 2.74. The van der Waals surface area contributed by atoms with Crippen LogP contribution in [-0.2, 0) is 9.63 Å². The lowest BCUT2D eigenvalue weighted by Gasteiger charge is -2.14. The van der Waals surface area contributed by atoms with E-state index in [1.165, 1.54) is 6.92 Å². The first-order valence-corrected chi connectivity index (χ1v) is 5.18. The third-order valence-electron chi connectivity index (χ3n) is 2.72. The van der Waals surface area contributed by atoms with E-state index in [0.717, 1.165) is 5.56 Å². The van der Waals surface area contributed by atoms with E-state index >= 15 is 0 Å². The predicted molar refractivity (Wildman–Crippen MR) is 61.3 cm³/mol. The van der Waals surface area contributed by atoms with Crippen molar-refractivity contribution in [2.24, 2.45) is 5.16 Å². The number of oxime groups is 1.